The van der Waals surface area contributed by atoms with Crippen molar-refractivity contribution in [3.63, 3.8) is 0 Å². The number of nitrogen functional groups attached to an aromatic ring is 1. The smallest absolute Gasteiger partial charge is 0.163 e. The van der Waals surface area contributed by atoms with Crippen LogP contribution in [0.1, 0.15) is 24.6 Å². The first-order chi connectivity index (χ1) is 10.3. The fourth-order valence-corrected chi connectivity index (χ4v) is 2.34. The SMILES string of the molecule is Nc1cc(Nc2ccc3c(c2)OCCO3)nc(C2CC2)n1. The maximum absolute atomic E-state index is 5.85. The van der Waals surface area contributed by atoms with Crippen LogP contribution in [0.4, 0.5) is 17.3 Å². The van der Waals surface area contributed by atoms with Crippen molar-refractivity contribution in [2.75, 3.05) is 24.3 Å². The lowest BCUT2D eigenvalue weighted by molar-refractivity contribution is 0.171. The Labute approximate surface area is 122 Å². The second-order valence-electron chi connectivity index (χ2n) is 5.29. The van der Waals surface area contributed by atoms with E-state index in [-0.39, 0.29) is 0 Å². The molecule has 1 saturated carbocycles. The Morgan fingerprint density at radius 2 is 1.86 bits per heavy atom. The van der Waals surface area contributed by atoms with E-state index in [0.717, 1.165) is 35.9 Å². The molecule has 0 atom stereocenters. The molecular formula is C15H16N4O2. The number of hydrogen-bond acceptors (Lipinski definition) is 6. The molecule has 1 fully saturated rings. The molecule has 0 amide bonds. The lowest BCUT2D eigenvalue weighted by atomic mass is 10.2. The summed E-state index contributed by atoms with van der Waals surface area (Å²) >= 11 is 0. The van der Waals surface area contributed by atoms with Crippen molar-refractivity contribution in [1.29, 1.82) is 0 Å². The maximum atomic E-state index is 5.85. The largest absolute Gasteiger partial charge is 0.486 e. The molecule has 6 heteroatoms. The molecule has 2 heterocycles. The zero-order chi connectivity index (χ0) is 14.2. The molecule has 0 bridgehead atoms. The number of nitrogens with two attached hydrogens (primary N) is 1. The van der Waals surface area contributed by atoms with Crippen molar-refractivity contribution in [2.45, 2.75) is 18.8 Å². The van der Waals surface area contributed by atoms with Crippen molar-refractivity contribution in [3.8, 4) is 11.5 Å². The van der Waals surface area contributed by atoms with Crippen LogP contribution >= 0.6 is 0 Å². The Morgan fingerprint density at radius 1 is 1.05 bits per heavy atom. The molecule has 108 valence electrons. The fourth-order valence-electron chi connectivity index (χ4n) is 2.34. The zero-order valence-electron chi connectivity index (χ0n) is 11.5. The van der Waals surface area contributed by atoms with Gasteiger partial charge < -0.3 is 20.5 Å². The molecule has 2 aromatic rings. The quantitative estimate of drug-likeness (QED) is 0.901. The predicted octanol–water partition coefficient (Wildman–Crippen LogP) is 2.45. The number of benzene rings is 1. The van der Waals surface area contributed by atoms with Crippen molar-refractivity contribution in [1.82, 2.24) is 9.97 Å². The first-order valence-corrected chi connectivity index (χ1v) is 7.09. The van der Waals surface area contributed by atoms with E-state index in [1.54, 1.807) is 6.07 Å². The van der Waals surface area contributed by atoms with Crippen LogP contribution in [0.3, 0.4) is 0 Å². The highest BCUT2D eigenvalue weighted by Crippen LogP contribution is 2.39. The average molecular weight is 284 g/mol. The average Bonchev–Trinajstić information content (AvgIpc) is 3.31. The molecule has 21 heavy (non-hydrogen) atoms. The topological polar surface area (TPSA) is 82.3 Å². The highest BCUT2D eigenvalue weighted by Gasteiger charge is 2.27. The third-order valence-corrected chi connectivity index (χ3v) is 3.52. The summed E-state index contributed by atoms with van der Waals surface area (Å²) in [5.41, 5.74) is 6.74. The van der Waals surface area contributed by atoms with Crippen LogP contribution in [0.5, 0.6) is 11.5 Å². The van der Waals surface area contributed by atoms with E-state index in [0.29, 0.717) is 30.8 Å². The number of ether oxygens (including phenoxy) is 2. The van der Waals surface area contributed by atoms with Crippen molar-refractivity contribution in [2.24, 2.45) is 0 Å². The Balaban J connectivity index is 1.60. The van der Waals surface area contributed by atoms with E-state index in [2.05, 4.69) is 15.3 Å². The van der Waals surface area contributed by atoms with Gasteiger partial charge in [-0.3, -0.25) is 0 Å². The summed E-state index contributed by atoms with van der Waals surface area (Å²) in [6.07, 6.45) is 2.29. The molecule has 1 aromatic carbocycles. The summed E-state index contributed by atoms with van der Waals surface area (Å²) in [5.74, 6) is 4.01. The normalized spacial score (nSPS) is 16.6. The maximum Gasteiger partial charge on any atom is 0.163 e. The second-order valence-corrected chi connectivity index (χ2v) is 5.29. The molecule has 0 unspecified atom stereocenters. The Bertz CT molecular complexity index is 685. The number of nitrogens with one attached hydrogen (secondary N) is 1. The van der Waals surface area contributed by atoms with Gasteiger partial charge in [0.05, 0.1) is 0 Å². The van der Waals surface area contributed by atoms with Gasteiger partial charge >= 0.3 is 0 Å². The molecule has 4 rings (SSSR count). The minimum atomic E-state index is 0.467. The van der Waals surface area contributed by atoms with Gasteiger partial charge in [-0.25, -0.2) is 9.97 Å². The van der Waals surface area contributed by atoms with Gasteiger partial charge in [-0.05, 0) is 25.0 Å². The van der Waals surface area contributed by atoms with Gasteiger partial charge in [0.25, 0.3) is 0 Å². The van der Waals surface area contributed by atoms with Crippen molar-refractivity contribution < 1.29 is 9.47 Å². The molecule has 3 N–H and O–H groups in total. The van der Waals surface area contributed by atoms with Crippen LogP contribution in [0.25, 0.3) is 0 Å². The summed E-state index contributed by atoms with van der Waals surface area (Å²) < 4.78 is 11.1. The lowest BCUT2D eigenvalue weighted by Gasteiger charge is -2.19. The van der Waals surface area contributed by atoms with Gasteiger partial charge in [-0.15, -0.1) is 0 Å². The van der Waals surface area contributed by atoms with Gasteiger partial charge in [-0.1, -0.05) is 0 Å². The highest BCUT2D eigenvalue weighted by atomic mass is 16.6. The third kappa shape index (κ3) is 2.56. The zero-order valence-corrected chi connectivity index (χ0v) is 11.5. The minimum absolute atomic E-state index is 0.467. The van der Waals surface area contributed by atoms with Gasteiger partial charge in [0, 0.05) is 23.7 Å². The summed E-state index contributed by atoms with van der Waals surface area (Å²) in [6, 6.07) is 7.47. The summed E-state index contributed by atoms with van der Waals surface area (Å²) in [6.45, 7) is 1.16. The standard InChI is InChI=1S/C15H16N4O2/c16-13-8-14(19-15(18-13)9-1-2-9)17-10-3-4-11-12(7-10)21-6-5-20-11/h3-4,7-9H,1-2,5-6H2,(H3,16,17,18,19). The molecule has 0 saturated heterocycles. The first kappa shape index (κ1) is 12.3. The number of nitrogens with zero attached hydrogens (tertiary/aromatic N) is 2. The van der Waals surface area contributed by atoms with Crippen LogP contribution < -0.4 is 20.5 Å². The molecule has 6 nitrogen and oxygen atoms in total. The second kappa shape index (κ2) is 4.80. The van der Waals surface area contributed by atoms with Gasteiger partial charge in [0.2, 0.25) is 0 Å². The van der Waals surface area contributed by atoms with E-state index >= 15 is 0 Å². The predicted molar refractivity (Wildman–Crippen MR) is 79.1 cm³/mol. The number of hydrogen-bond donors (Lipinski definition) is 2. The van der Waals surface area contributed by atoms with Gasteiger partial charge in [0.1, 0.15) is 30.7 Å². The molecule has 1 aromatic heterocycles. The molecular weight excluding hydrogens is 268 g/mol. The van der Waals surface area contributed by atoms with E-state index in [4.69, 9.17) is 15.2 Å². The summed E-state index contributed by atoms with van der Waals surface area (Å²) in [4.78, 5) is 8.82. The van der Waals surface area contributed by atoms with E-state index in [9.17, 15) is 0 Å². The number of aromatic nitrogens is 2. The molecule has 1 aliphatic heterocycles. The van der Waals surface area contributed by atoms with Crippen LogP contribution in [-0.4, -0.2) is 23.2 Å². The Kier molecular flexibility index (Phi) is 2.80. The number of fused-ring (bicyclic) bond motifs is 1. The van der Waals surface area contributed by atoms with E-state index in [1.165, 1.54) is 0 Å². The number of anilines is 3. The molecule has 2 aliphatic rings. The van der Waals surface area contributed by atoms with Crippen LogP contribution in [0, 0.1) is 0 Å². The fraction of sp³-hybridized carbons (Fsp3) is 0.333. The molecule has 0 spiro atoms. The Morgan fingerprint density at radius 3 is 2.67 bits per heavy atom. The summed E-state index contributed by atoms with van der Waals surface area (Å²) in [7, 11) is 0. The molecule has 1 aliphatic carbocycles. The highest BCUT2D eigenvalue weighted by molar-refractivity contribution is 5.63. The van der Waals surface area contributed by atoms with Gasteiger partial charge in [-0.2, -0.15) is 0 Å². The monoisotopic (exact) mass is 284 g/mol. The number of rotatable bonds is 3. The van der Waals surface area contributed by atoms with E-state index < -0.39 is 0 Å². The van der Waals surface area contributed by atoms with Crippen LogP contribution in [-0.2, 0) is 0 Å². The van der Waals surface area contributed by atoms with Crippen LogP contribution in [0.2, 0.25) is 0 Å². The molecule has 0 radical (unpaired) electrons. The minimum Gasteiger partial charge on any atom is -0.486 e. The first-order valence-electron chi connectivity index (χ1n) is 7.09. The lowest BCUT2D eigenvalue weighted by Crippen LogP contribution is -2.15. The Hall–Kier alpha value is -2.50. The van der Waals surface area contributed by atoms with Crippen LogP contribution in [0.15, 0.2) is 24.3 Å². The summed E-state index contributed by atoms with van der Waals surface area (Å²) in [5, 5.41) is 3.25. The van der Waals surface area contributed by atoms with Crippen molar-refractivity contribution in [3.05, 3.63) is 30.1 Å². The van der Waals surface area contributed by atoms with E-state index in [1.807, 2.05) is 18.2 Å². The van der Waals surface area contributed by atoms with Crippen molar-refractivity contribution >= 4 is 17.3 Å². The third-order valence-electron chi connectivity index (χ3n) is 3.52. The van der Waals surface area contributed by atoms with Gasteiger partial charge in [0.15, 0.2) is 11.5 Å².